The molecule has 10 unspecified atom stereocenters. The highest BCUT2D eigenvalue weighted by molar-refractivity contribution is 7.85. The van der Waals surface area contributed by atoms with Gasteiger partial charge in [-0.05, 0) is 272 Å². The number of amides is 6. The van der Waals surface area contributed by atoms with Crippen molar-refractivity contribution in [3.63, 3.8) is 0 Å². The van der Waals surface area contributed by atoms with Gasteiger partial charge in [-0.15, -0.1) is 11.6 Å². The van der Waals surface area contributed by atoms with Crippen molar-refractivity contribution in [2.45, 2.75) is 317 Å². The Kier molecular flexibility index (Phi) is 25.2. The van der Waals surface area contributed by atoms with Crippen LogP contribution in [0, 0.1) is 134 Å². The maximum atomic E-state index is 12.6. The summed E-state index contributed by atoms with van der Waals surface area (Å²) in [5.41, 5.74) is 5.74. The SMILES string of the molecule is CC(C)(C)OC(=O)N1C2C[C@H]2C[C@H]1C#N.CC(C)(C)OC(=O)N1C2C[C@H]2C[C@H]1C(N)=O.CC1(CCC(=O)N2C3C[C@H]3C[C@H]2C#N)C[C@H]2CC(O)C[C@H]2C1.CC1(CCC(=O)N2C3C[C@H]3C[C@H]2C#N)C[C@H]2CC(O)C[C@H]2C1.Cc1ccc(S(=O)(=O)O)cc1.N#C[C@@H]1C[C@@H]2CC2N1.N#C[C@@H]1C[C@@H]2CC2N1C(=O)CCl.O. The number of benzene rings is 1. The van der Waals surface area contributed by atoms with Crippen LogP contribution in [-0.4, -0.2) is 191 Å². The van der Waals surface area contributed by atoms with Crippen LogP contribution >= 0.6 is 11.6 Å². The van der Waals surface area contributed by atoms with E-state index in [0.717, 1.165) is 146 Å². The number of rotatable bonds is 9. The van der Waals surface area contributed by atoms with Gasteiger partial charge in [-0.1, -0.05) is 31.5 Å². The number of carbonyl (C=O) groups excluding carboxylic acids is 6. The van der Waals surface area contributed by atoms with Crippen LogP contribution in [0.5, 0.6) is 0 Å². The first-order valence-corrected chi connectivity index (χ1v) is 40.8. The minimum absolute atomic E-state index is 0. The van der Waals surface area contributed by atoms with E-state index in [1.807, 2.05) is 58.3 Å². The van der Waals surface area contributed by atoms with E-state index < -0.39 is 39.4 Å². The summed E-state index contributed by atoms with van der Waals surface area (Å²) < 4.78 is 40.1. The van der Waals surface area contributed by atoms with E-state index in [9.17, 15) is 57.9 Å². The Morgan fingerprint density at radius 2 is 0.860 bits per heavy atom. The number of nitrogens with zero attached hydrogens (tertiary/aromatic N) is 10. The first-order chi connectivity index (χ1) is 49.9. The standard InChI is InChI=1S/2C18H26N2O2.C11H18N2O3.C11H16N2O2.C8H9ClN2O.C7H8O3S.C6H8N2.H2O/c2*1-18(8-12-5-15(21)6-13(12)9-18)3-2-17(22)20-14(10-19)4-11-7-16(11)20;1-11(2,3)16-10(15)13-7-4-6(7)5-8(13)9(12)14;1-11(2,3)15-10(14)13-8(6-12)4-7-5-9(7)13;9-3-8(12)11-6(4-10)1-5-2-7(5)11;1-6-2-4-7(5-3-6)11(8,9)10;7-3-5-1-4-2-6(4)8-5;/h2*11-16,21H,2-9H2,1H3;6-8H,4-5H2,1-3H3,(H2,12,14);7-9H,4-5H2,1-3H3;5-7H,1-3H2;2-5H,1H3,(H,8,9,10);4-6,8H,1-2H2;1H2/t2*11-,12-,13+,14+,15?,16?,18?;6-,7?,8-;7-,8+,9?;5-,6+,7?;;4-,5+,6?;/m11011.1./s1. The lowest BCUT2D eigenvalue weighted by Crippen LogP contribution is -2.47. The zero-order chi connectivity index (χ0) is 77.0. The van der Waals surface area contributed by atoms with Crippen LogP contribution in [0.1, 0.15) is 215 Å². The molecule has 6 heterocycles. The number of halogens is 1. The quantitative estimate of drug-likeness (QED) is 0.114. The average molecular weight is 1520 g/mol. The number of carbonyl (C=O) groups is 6. The van der Waals surface area contributed by atoms with Crippen LogP contribution in [0.4, 0.5) is 9.59 Å². The van der Waals surface area contributed by atoms with E-state index >= 15 is 0 Å². The van der Waals surface area contributed by atoms with Crippen LogP contribution in [-0.2, 0) is 38.8 Å². The fraction of sp³-hybridized carbons (Fsp3) is 0.785. The predicted molar refractivity (Wildman–Crippen MR) is 392 cm³/mol. The number of aliphatic hydroxyl groups excluding tert-OH is 2. The smallest absolute Gasteiger partial charge is 0.411 e. The van der Waals surface area contributed by atoms with Crippen molar-refractivity contribution in [3.05, 3.63) is 29.8 Å². The summed E-state index contributed by atoms with van der Waals surface area (Å²) in [5.74, 6) is 6.21. The van der Waals surface area contributed by atoms with Gasteiger partial charge in [0.25, 0.3) is 10.1 Å². The third kappa shape index (κ3) is 20.2. The molecule has 0 bridgehead atoms. The Balaban J connectivity index is 0.000000136. The van der Waals surface area contributed by atoms with Crippen molar-refractivity contribution in [1.82, 2.24) is 29.8 Å². The lowest BCUT2D eigenvalue weighted by Gasteiger charge is -2.28. The van der Waals surface area contributed by atoms with Crippen LogP contribution < -0.4 is 11.1 Å². The molecule has 1 aromatic rings. The molecule has 10 aliphatic carbocycles. The summed E-state index contributed by atoms with van der Waals surface area (Å²) in [7, 11) is -4.02. The molecule has 10 saturated carbocycles. The van der Waals surface area contributed by atoms with Gasteiger partial charge in [-0.2, -0.15) is 34.7 Å². The van der Waals surface area contributed by atoms with Gasteiger partial charge >= 0.3 is 12.2 Å². The molecule has 28 heteroatoms. The Labute approximate surface area is 636 Å². The van der Waals surface area contributed by atoms with Gasteiger partial charge in [0.2, 0.25) is 23.6 Å². The van der Waals surface area contributed by atoms with E-state index in [1.54, 1.807) is 21.9 Å². The topological polar surface area (TPSA) is 420 Å². The first-order valence-electron chi connectivity index (χ1n) is 38.8. The zero-order valence-corrected chi connectivity index (χ0v) is 65.2. The molecule has 0 aromatic heterocycles. The lowest BCUT2D eigenvalue weighted by molar-refractivity contribution is -0.133. The summed E-state index contributed by atoms with van der Waals surface area (Å²) >= 11 is 5.44. The number of aliphatic hydroxyl groups is 2. The van der Waals surface area contributed by atoms with E-state index in [4.69, 9.17) is 47.1 Å². The van der Waals surface area contributed by atoms with Crippen molar-refractivity contribution < 1.29 is 66.9 Å². The number of likely N-dealkylation sites (tertiary alicyclic amines) is 5. The number of ether oxygens (including phenoxy) is 2. The van der Waals surface area contributed by atoms with Crippen LogP contribution in [0.15, 0.2) is 29.2 Å². The molecule has 6 aliphatic heterocycles. The fourth-order valence-corrected chi connectivity index (χ4v) is 20.6. The van der Waals surface area contributed by atoms with Crippen molar-refractivity contribution in [2.75, 3.05) is 5.88 Å². The van der Waals surface area contributed by atoms with E-state index in [1.165, 1.54) is 23.5 Å². The van der Waals surface area contributed by atoms with Gasteiger partial charge in [0.05, 0.1) is 53.5 Å². The summed E-state index contributed by atoms with van der Waals surface area (Å²) in [5, 5.41) is 67.2. The third-order valence-electron chi connectivity index (χ3n) is 25.5. The Morgan fingerprint density at radius 3 is 1.18 bits per heavy atom. The maximum absolute atomic E-state index is 12.6. The van der Waals surface area contributed by atoms with Crippen molar-refractivity contribution in [3.8, 4) is 30.3 Å². The predicted octanol–water partition coefficient (Wildman–Crippen LogP) is 9.13. The van der Waals surface area contributed by atoms with Crippen LogP contribution in [0.25, 0.3) is 0 Å². The molecular formula is C79H113ClN12O14S. The molecule has 0 radical (unpaired) electrons. The number of piperidine rings is 6. The molecule has 6 amide bonds. The largest absolute Gasteiger partial charge is 0.444 e. The van der Waals surface area contributed by atoms with Gasteiger partial charge in [0.15, 0.2) is 0 Å². The number of primary amides is 1. The molecule has 0 spiro atoms. The second-order valence-electron chi connectivity index (χ2n) is 36.5. The number of aryl methyl sites for hydroxylation is 1. The summed E-state index contributed by atoms with van der Waals surface area (Å²) in [4.78, 5) is 79.9. The zero-order valence-electron chi connectivity index (χ0n) is 63.6. The van der Waals surface area contributed by atoms with E-state index in [-0.39, 0.29) is 105 Å². The molecule has 26 atom stereocenters. The van der Waals surface area contributed by atoms with Crippen molar-refractivity contribution >= 4 is 57.5 Å². The van der Waals surface area contributed by atoms with Gasteiger partial charge < -0.3 is 45.6 Å². The molecule has 16 aliphatic rings. The second-order valence-corrected chi connectivity index (χ2v) is 38.2. The van der Waals surface area contributed by atoms with Crippen molar-refractivity contribution in [1.29, 1.82) is 26.3 Å². The Morgan fingerprint density at radius 1 is 0.514 bits per heavy atom. The first kappa shape index (κ1) is 82.6. The number of nitriles is 5. The van der Waals surface area contributed by atoms with Gasteiger partial charge in [0, 0.05) is 49.1 Å². The van der Waals surface area contributed by atoms with Crippen LogP contribution in [0.3, 0.4) is 0 Å². The minimum atomic E-state index is -4.02. The van der Waals surface area contributed by atoms with Crippen molar-refractivity contribution in [2.24, 2.45) is 75.7 Å². The van der Waals surface area contributed by atoms with Gasteiger partial charge in [-0.25, -0.2) is 9.59 Å². The fourth-order valence-electron chi connectivity index (χ4n) is 20.0. The Bertz CT molecular complexity index is 3670. The number of nitrogens with one attached hydrogen (secondary N) is 1. The number of fused-ring (bicyclic) bond motifs is 8. The summed E-state index contributed by atoms with van der Waals surface area (Å²) in [6.07, 6.45) is 22.5. The van der Waals surface area contributed by atoms with Gasteiger partial charge in [-0.3, -0.25) is 38.8 Å². The molecule has 16 fully saturated rings. The molecular weight excluding hydrogens is 1410 g/mol. The number of hydrogen-bond donors (Lipinski definition) is 5. The van der Waals surface area contributed by atoms with Gasteiger partial charge in [0.1, 0.15) is 47.3 Å². The highest BCUT2D eigenvalue weighted by atomic mass is 35.5. The molecule has 8 N–H and O–H groups in total. The monoisotopic (exact) mass is 1520 g/mol. The number of hydrogen-bond acceptors (Lipinski definition) is 18. The lowest BCUT2D eigenvalue weighted by atomic mass is 9.81. The Hall–Kier alpha value is -6.87. The highest BCUT2D eigenvalue weighted by Crippen LogP contribution is 2.58. The second kappa shape index (κ2) is 32.6. The molecule has 107 heavy (non-hydrogen) atoms. The van der Waals surface area contributed by atoms with Crippen LogP contribution in [0.2, 0.25) is 0 Å². The molecule has 6 saturated heterocycles. The molecule has 17 rings (SSSR count). The summed E-state index contributed by atoms with van der Waals surface area (Å²) in [6.45, 7) is 17.4. The maximum Gasteiger partial charge on any atom is 0.411 e. The van der Waals surface area contributed by atoms with E-state index in [0.29, 0.717) is 90.6 Å². The summed E-state index contributed by atoms with van der Waals surface area (Å²) in [6, 6.07) is 18.3. The average Bonchev–Trinajstić information content (AvgIpc) is 1.60. The minimum Gasteiger partial charge on any atom is -0.444 e. The number of nitrogens with two attached hydrogens (primary N) is 1. The normalized spacial score (nSPS) is 38.7. The molecule has 586 valence electrons. The molecule has 1 aromatic carbocycles. The van der Waals surface area contributed by atoms with E-state index in [2.05, 4.69) is 49.5 Å². The molecule has 26 nitrogen and oxygen atoms in total. The number of alkyl halides is 1. The highest BCUT2D eigenvalue weighted by Gasteiger charge is 2.60. The third-order valence-corrected chi connectivity index (χ3v) is 26.6.